The number of benzene rings is 1. The van der Waals surface area contributed by atoms with E-state index in [1.54, 1.807) is 19.2 Å². The third kappa shape index (κ3) is 3.68. The fourth-order valence-corrected chi connectivity index (χ4v) is 1.25. The Kier molecular flexibility index (Phi) is 4.44. The lowest BCUT2D eigenvalue weighted by atomic mass is 10.2. The van der Waals surface area contributed by atoms with E-state index in [0.717, 1.165) is 11.4 Å². The van der Waals surface area contributed by atoms with E-state index in [1.807, 2.05) is 6.07 Å². The Balaban J connectivity index is 2.49. The number of ether oxygens (including phenoxy) is 1. The van der Waals surface area contributed by atoms with Crippen molar-refractivity contribution in [2.75, 3.05) is 31.2 Å². The van der Waals surface area contributed by atoms with Gasteiger partial charge < -0.3 is 21.1 Å². The number of nitrogens with two attached hydrogens (primary N) is 1. The van der Waals surface area contributed by atoms with Gasteiger partial charge in [0.25, 0.3) is 0 Å². The highest BCUT2D eigenvalue weighted by Gasteiger charge is 2.00. The molecule has 0 fully saturated rings. The summed E-state index contributed by atoms with van der Waals surface area (Å²) in [5, 5.41) is 5.81. The summed E-state index contributed by atoms with van der Waals surface area (Å²) >= 11 is 0. The molecule has 0 saturated heterocycles. The molecule has 0 bridgehead atoms. The smallest absolute Gasteiger partial charge is 0.216 e. The first-order valence-corrected chi connectivity index (χ1v) is 5.05. The number of methoxy groups -OCH3 is 1. The van der Waals surface area contributed by atoms with E-state index >= 15 is 0 Å². The zero-order valence-corrected chi connectivity index (χ0v) is 9.54. The summed E-state index contributed by atoms with van der Waals surface area (Å²) in [4.78, 5) is 10.6. The molecule has 0 aromatic heterocycles. The van der Waals surface area contributed by atoms with E-state index in [9.17, 15) is 4.79 Å². The lowest BCUT2D eigenvalue weighted by molar-refractivity contribution is -0.118. The van der Waals surface area contributed by atoms with Crippen molar-refractivity contribution in [2.24, 2.45) is 0 Å². The minimum atomic E-state index is -0.0413. The molecule has 1 aromatic carbocycles. The van der Waals surface area contributed by atoms with Gasteiger partial charge in [0, 0.05) is 26.1 Å². The normalized spacial score (nSPS) is 9.62. The molecule has 0 saturated carbocycles. The number of amides is 1. The molecular formula is C11H17N3O2. The van der Waals surface area contributed by atoms with E-state index in [4.69, 9.17) is 10.5 Å². The highest BCUT2D eigenvalue weighted by atomic mass is 16.5. The number of nitrogens with one attached hydrogen (secondary N) is 2. The molecule has 0 heterocycles. The van der Waals surface area contributed by atoms with Crippen LogP contribution in [0.1, 0.15) is 6.92 Å². The quantitative estimate of drug-likeness (QED) is 0.510. The van der Waals surface area contributed by atoms with Crippen LogP contribution in [0.5, 0.6) is 5.75 Å². The monoisotopic (exact) mass is 223 g/mol. The van der Waals surface area contributed by atoms with Crippen molar-refractivity contribution < 1.29 is 9.53 Å². The van der Waals surface area contributed by atoms with Crippen molar-refractivity contribution in [1.29, 1.82) is 0 Å². The second-order valence-electron chi connectivity index (χ2n) is 3.36. The van der Waals surface area contributed by atoms with Gasteiger partial charge in [-0.25, -0.2) is 0 Å². The predicted octanol–water partition coefficient (Wildman–Crippen LogP) is 0.825. The Morgan fingerprint density at radius 1 is 1.44 bits per heavy atom. The molecule has 1 rings (SSSR count). The van der Waals surface area contributed by atoms with Gasteiger partial charge in [-0.05, 0) is 12.1 Å². The van der Waals surface area contributed by atoms with Crippen LogP contribution < -0.4 is 21.1 Å². The first-order valence-electron chi connectivity index (χ1n) is 5.05. The third-order valence-corrected chi connectivity index (χ3v) is 2.07. The highest BCUT2D eigenvalue weighted by molar-refractivity contribution is 5.73. The first kappa shape index (κ1) is 12.2. The van der Waals surface area contributed by atoms with Crippen LogP contribution in [0, 0.1) is 0 Å². The topological polar surface area (TPSA) is 76.4 Å². The average Bonchev–Trinajstić information content (AvgIpc) is 2.26. The molecule has 0 aliphatic carbocycles. The van der Waals surface area contributed by atoms with E-state index in [1.165, 1.54) is 6.92 Å². The summed E-state index contributed by atoms with van der Waals surface area (Å²) in [6, 6.07) is 5.40. The standard InChI is InChI=1S/C11H17N3O2/c1-8(15)13-5-6-14-11-7-9(16-2)3-4-10(11)12/h3-4,7,14H,5-6,12H2,1-2H3,(H,13,15). The van der Waals surface area contributed by atoms with Gasteiger partial charge in [-0.1, -0.05) is 0 Å². The molecule has 0 unspecified atom stereocenters. The number of anilines is 2. The first-order chi connectivity index (χ1) is 7.63. The van der Waals surface area contributed by atoms with Crippen LogP contribution in [0.3, 0.4) is 0 Å². The summed E-state index contributed by atoms with van der Waals surface area (Å²) in [6.45, 7) is 2.67. The molecule has 0 aliphatic rings. The lowest BCUT2D eigenvalue weighted by Gasteiger charge is -2.10. The van der Waals surface area contributed by atoms with Crippen molar-refractivity contribution in [3.05, 3.63) is 18.2 Å². The largest absolute Gasteiger partial charge is 0.497 e. The molecule has 5 nitrogen and oxygen atoms in total. The van der Waals surface area contributed by atoms with Crippen molar-refractivity contribution >= 4 is 17.3 Å². The number of hydrogen-bond acceptors (Lipinski definition) is 4. The molecule has 1 aromatic rings. The Labute approximate surface area is 95.0 Å². The molecule has 0 spiro atoms. The maximum atomic E-state index is 10.6. The molecule has 0 atom stereocenters. The van der Waals surface area contributed by atoms with Crippen molar-refractivity contribution in [1.82, 2.24) is 5.32 Å². The molecule has 0 aliphatic heterocycles. The van der Waals surface area contributed by atoms with Crippen LogP contribution in [0.25, 0.3) is 0 Å². The highest BCUT2D eigenvalue weighted by Crippen LogP contribution is 2.23. The lowest BCUT2D eigenvalue weighted by Crippen LogP contribution is -2.26. The van der Waals surface area contributed by atoms with E-state index in [2.05, 4.69) is 10.6 Å². The minimum Gasteiger partial charge on any atom is -0.497 e. The van der Waals surface area contributed by atoms with Gasteiger partial charge in [0.05, 0.1) is 18.5 Å². The maximum absolute atomic E-state index is 10.6. The van der Waals surface area contributed by atoms with Crippen LogP contribution >= 0.6 is 0 Å². The van der Waals surface area contributed by atoms with Crippen molar-refractivity contribution in [2.45, 2.75) is 6.92 Å². The van der Waals surface area contributed by atoms with Crippen LogP contribution in [0.2, 0.25) is 0 Å². The summed E-state index contributed by atoms with van der Waals surface area (Å²) in [7, 11) is 1.60. The summed E-state index contributed by atoms with van der Waals surface area (Å²) in [6.07, 6.45) is 0. The Hall–Kier alpha value is -1.91. The van der Waals surface area contributed by atoms with Crippen LogP contribution in [0.4, 0.5) is 11.4 Å². The van der Waals surface area contributed by atoms with Crippen LogP contribution in [-0.4, -0.2) is 26.1 Å². The Morgan fingerprint density at radius 2 is 2.19 bits per heavy atom. The van der Waals surface area contributed by atoms with Crippen molar-refractivity contribution in [3.63, 3.8) is 0 Å². The molecule has 5 heteroatoms. The number of carbonyl (C=O) groups excluding carboxylic acids is 1. The zero-order valence-electron chi connectivity index (χ0n) is 9.54. The predicted molar refractivity (Wildman–Crippen MR) is 64.6 cm³/mol. The van der Waals surface area contributed by atoms with Crippen molar-refractivity contribution in [3.8, 4) is 5.75 Å². The number of rotatable bonds is 5. The molecule has 0 radical (unpaired) electrons. The minimum absolute atomic E-state index is 0.0413. The Bertz CT molecular complexity index is 366. The van der Waals surface area contributed by atoms with E-state index in [-0.39, 0.29) is 5.91 Å². The number of nitrogen functional groups attached to an aromatic ring is 1. The van der Waals surface area contributed by atoms with Gasteiger partial charge in [-0.2, -0.15) is 0 Å². The number of carbonyl (C=O) groups is 1. The SMILES string of the molecule is COc1ccc(N)c(NCCNC(C)=O)c1. The summed E-state index contributed by atoms with van der Waals surface area (Å²) in [5.74, 6) is 0.705. The summed E-state index contributed by atoms with van der Waals surface area (Å²) < 4.78 is 5.09. The number of hydrogen-bond donors (Lipinski definition) is 3. The molecule has 1 amide bonds. The fraction of sp³-hybridized carbons (Fsp3) is 0.364. The van der Waals surface area contributed by atoms with Gasteiger partial charge >= 0.3 is 0 Å². The molecular weight excluding hydrogens is 206 g/mol. The van der Waals surface area contributed by atoms with Gasteiger partial charge in [0.1, 0.15) is 5.75 Å². The van der Waals surface area contributed by atoms with Crippen LogP contribution in [0.15, 0.2) is 18.2 Å². The fourth-order valence-electron chi connectivity index (χ4n) is 1.25. The van der Waals surface area contributed by atoms with Gasteiger partial charge in [-0.3, -0.25) is 4.79 Å². The summed E-state index contributed by atoms with van der Waals surface area (Å²) in [5.41, 5.74) is 7.25. The second-order valence-corrected chi connectivity index (χ2v) is 3.36. The second kappa shape index (κ2) is 5.85. The average molecular weight is 223 g/mol. The van der Waals surface area contributed by atoms with Gasteiger partial charge in [0.15, 0.2) is 0 Å². The molecule has 16 heavy (non-hydrogen) atoms. The maximum Gasteiger partial charge on any atom is 0.216 e. The van der Waals surface area contributed by atoms with E-state index < -0.39 is 0 Å². The van der Waals surface area contributed by atoms with Gasteiger partial charge in [0.2, 0.25) is 5.91 Å². The molecule has 4 N–H and O–H groups in total. The molecule has 88 valence electrons. The van der Waals surface area contributed by atoms with E-state index in [0.29, 0.717) is 18.8 Å². The zero-order chi connectivity index (χ0) is 12.0. The Morgan fingerprint density at radius 3 is 2.81 bits per heavy atom. The van der Waals surface area contributed by atoms with Gasteiger partial charge in [-0.15, -0.1) is 0 Å². The third-order valence-electron chi connectivity index (χ3n) is 2.07. The van der Waals surface area contributed by atoms with Crippen LogP contribution in [-0.2, 0) is 4.79 Å².